The second-order valence-electron chi connectivity index (χ2n) is 6.45. The molecular weight excluding hydrogens is 298 g/mol. The summed E-state index contributed by atoms with van der Waals surface area (Å²) in [5.41, 5.74) is 5.23. The SMILES string of the molecule is CC(=O)Oc1cccc2c1c1c(n2Cc2ccccc2)CCCC1. The summed E-state index contributed by atoms with van der Waals surface area (Å²) in [6, 6.07) is 16.6. The Morgan fingerprint density at radius 1 is 1.04 bits per heavy atom. The molecule has 1 heterocycles. The van der Waals surface area contributed by atoms with Crippen molar-refractivity contribution in [1.29, 1.82) is 0 Å². The van der Waals surface area contributed by atoms with Crippen molar-refractivity contribution in [3.05, 3.63) is 65.4 Å². The Labute approximate surface area is 141 Å². The van der Waals surface area contributed by atoms with E-state index in [-0.39, 0.29) is 5.97 Å². The normalized spacial score (nSPS) is 13.7. The van der Waals surface area contributed by atoms with E-state index in [2.05, 4.69) is 34.9 Å². The predicted octanol–water partition coefficient (Wildman–Crippen LogP) is 4.49. The van der Waals surface area contributed by atoms with Gasteiger partial charge in [-0.1, -0.05) is 36.4 Å². The Hall–Kier alpha value is -2.55. The number of hydrogen-bond donors (Lipinski definition) is 0. The van der Waals surface area contributed by atoms with Gasteiger partial charge in [0.25, 0.3) is 0 Å². The fourth-order valence-corrected chi connectivity index (χ4v) is 3.84. The van der Waals surface area contributed by atoms with Gasteiger partial charge in [-0.3, -0.25) is 4.79 Å². The topological polar surface area (TPSA) is 31.2 Å². The van der Waals surface area contributed by atoms with Crippen LogP contribution in [0.5, 0.6) is 5.75 Å². The van der Waals surface area contributed by atoms with Crippen LogP contribution in [0.15, 0.2) is 48.5 Å². The van der Waals surface area contributed by atoms with Crippen molar-refractivity contribution in [1.82, 2.24) is 4.57 Å². The second kappa shape index (κ2) is 6.16. The summed E-state index contributed by atoms with van der Waals surface area (Å²) in [5, 5.41) is 1.12. The lowest BCUT2D eigenvalue weighted by Gasteiger charge is -2.16. The largest absolute Gasteiger partial charge is 0.426 e. The van der Waals surface area contributed by atoms with Crippen LogP contribution in [-0.4, -0.2) is 10.5 Å². The van der Waals surface area contributed by atoms with E-state index in [4.69, 9.17) is 4.74 Å². The summed E-state index contributed by atoms with van der Waals surface area (Å²) in [6.45, 7) is 2.32. The molecule has 0 spiro atoms. The van der Waals surface area contributed by atoms with Gasteiger partial charge in [0, 0.05) is 24.5 Å². The Balaban J connectivity index is 1.91. The number of hydrogen-bond acceptors (Lipinski definition) is 2. The molecule has 0 aliphatic heterocycles. The number of rotatable bonds is 3. The number of aromatic nitrogens is 1. The number of nitrogens with zero attached hydrogens (tertiary/aromatic N) is 1. The van der Waals surface area contributed by atoms with Crippen LogP contribution in [0, 0.1) is 0 Å². The molecule has 0 amide bonds. The Kier molecular flexibility index (Phi) is 3.85. The molecule has 0 N–H and O–H groups in total. The highest BCUT2D eigenvalue weighted by Gasteiger charge is 2.23. The van der Waals surface area contributed by atoms with Gasteiger partial charge in [-0.05, 0) is 48.9 Å². The number of fused-ring (bicyclic) bond motifs is 3. The Morgan fingerprint density at radius 2 is 1.83 bits per heavy atom. The molecule has 3 nitrogen and oxygen atoms in total. The number of ether oxygens (including phenoxy) is 1. The molecule has 0 saturated carbocycles. The number of carbonyl (C=O) groups excluding carboxylic acids is 1. The number of aryl methyl sites for hydroxylation is 1. The predicted molar refractivity (Wildman–Crippen MR) is 95.4 cm³/mol. The lowest BCUT2D eigenvalue weighted by atomic mass is 9.95. The summed E-state index contributed by atoms with van der Waals surface area (Å²) >= 11 is 0. The summed E-state index contributed by atoms with van der Waals surface area (Å²) in [5.74, 6) is 0.438. The van der Waals surface area contributed by atoms with Gasteiger partial charge in [-0.2, -0.15) is 0 Å². The van der Waals surface area contributed by atoms with E-state index in [1.165, 1.54) is 42.1 Å². The molecule has 122 valence electrons. The fraction of sp³-hybridized carbons (Fsp3) is 0.286. The first kappa shape index (κ1) is 15.0. The molecule has 1 aliphatic carbocycles. The Bertz CT molecular complexity index is 893. The van der Waals surface area contributed by atoms with E-state index in [9.17, 15) is 4.79 Å². The van der Waals surface area contributed by atoms with Crippen LogP contribution < -0.4 is 4.74 Å². The highest BCUT2D eigenvalue weighted by molar-refractivity contribution is 5.93. The summed E-state index contributed by atoms with van der Waals surface area (Å²) in [4.78, 5) is 11.5. The van der Waals surface area contributed by atoms with Crippen LogP contribution in [0.25, 0.3) is 10.9 Å². The molecular formula is C21H21NO2. The van der Waals surface area contributed by atoms with E-state index in [0.717, 1.165) is 24.8 Å². The fourth-order valence-electron chi connectivity index (χ4n) is 3.84. The molecule has 0 bridgehead atoms. The first-order valence-corrected chi connectivity index (χ1v) is 8.59. The van der Waals surface area contributed by atoms with E-state index in [1.807, 2.05) is 18.2 Å². The van der Waals surface area contributed by atoms with Gasteiger partial charge >= 0.3 is 5.97 Å². The summed E-state index contributed by atoms with van der Waals surface area (Å²) < 4.78 is 7.91. The standard InChI is InChI=1S/C21H21NO2/c1-15(23)24-20-13-7-12-19-21(20)17-10-5-6-11-18(17)22(19)14-16-8-3-2-4-9-16/h2-4,7-9,12-13H,5-6,10-11,14H2,1H3. The molecule has 1 aromatic heterocycles. The van der Waals surface area contributed by atoms with E-state index < -0.39 is 0 Å². The molecule has 0 atom stereocenters. The molecule has 0 saturated heterocycles. The van der Waals surface area contributed by atoms with Gasteiger partial charge in [0.1, 0.15) is 5.75 Å². The third kappa shape index (κ3) is 2.60. The third-order valence-electron chi connectivity index (χ3n) is 4.80. The maximum atomic E-state index is 11.5. The van der Waals surface area contributed by atoms with E-state index >= 15 is 0 Å². The molecule has 3 aromatic rings. The monoisotopic (exact) mass is 319 g/mol. The van der Waals surface area contributed by atoms with Crippen LogP contribution >= 0.6 is 0 Å². The first-order chi connectivity index (χ1) is 11.7. The molecule has 4 rings (SSSR count). The van der Waals surface area contributed by atoms with Gasteiger partial charge in [0.15, 0.2) is 0 Å². The minimum Gasteiger partial charge on any atom is -0.426 e. The molecule has 1 aliphatic rings. The molecule has 2 aromatic carbocycles. The maximum absolute atomic E-state index is 11.5. The van der Waals surface area contributed by atoms with Gasteiger partial charge in [0.05, 0.1) is 5.52 Å². The van der Waals surface area contributed by atoms with Crippen molar-refractivity contribution in [2.24, 2.45) is 0 Å². The van der Waals surface area contributed by atoms with Crippen molar-refractivity contribution in [3.63, 3.8) is 0 Å². The van der Waals surface area contributed by atoms with Crippen molar-refractivity contribution < 1.29 is 9.53 Å². The number of esters is 1. The first-order valence-electron chi connectivity index (χ1n) is 8.59. The van der Waals surface area contributed by atoms with E-state index in [1.54, 1.807) is 0 Å². The number of benzene rings is 2. The maximum Gasteiger partial charge on any atom is 0.308 e. The summed E-state index contributed by atoms with van der Waals surface area (Å²) in [6.07, 6.45) is 4.58. The van der Waals surface area contributed by atoms with Crippen molar-refractivity contribution in [2.75, 3.05) is 0 Å². The van der Waals surface area contributed by atoms with E-state index in [0.29, 0.717) is 5.75 Å². The zero-order chi connectivity index (χ0) is 16.5. The van der Waals surface area contributed by atoms with Crippen LogP contribution in [0.2, 0.25) is 0 Å². The second-order valence-corrected chi connectivity index (χ2v) is 6.45. The minimum absolute atomic E-state index is 0.261. The average Bonchev–Trinajstić information content (AvgIpc) is 2.91. The zero-order valence-electron chi connectivity index (χ0n) is 13.9. The molecule has 0 unspecified atom stereocenters. The lowest BCUT2D eigenvalue weighted by Crippen LogP contribution is -2.09. The zero-order valence-corrected chi connectivity index (χ0v) is 13.9. The highest BCUT2D eigenvalue weighted by Crippen LogP contribution is 2.38. The smallest absolute Gasteiger partial charge is 0.308 e. The summed E-state index contributed by atoms with van der Waals surface area (Å²) in [7, 11) is 0. The molecule has 0 fully saturated rings. The Morgan fingerprint density at radius 3 is 2.62 bits per heavy atom. The van der Waals surface area contributed by atoms with Crippen molar-refractivity contribution in [3.8, 4) is 5.75 Å². The van der Waals surface area contributed by atoms with Crippen molar-refractivity contribution >= 4 is 16.9 Å². The van der Waals surface area contributed by atoms with Gasteiger partial charge in [-0.15, -0.1) is 0 Å². The van der Waals surface area contributed by atoms with Gasteiger partial charge < -0.3 is 9.30 Å². The number of carbonyl (C=O) groups is 1. The third-order valence-corrected chi connectivity index (χ3v) is 4.80. The highest BCUT2D eigenvalue weighted by atomic mass is 16.5. The molecule has 24 heavy (non-hydrogen) atoms. The lowest BCUT2D eigenvalue weighted by molar-refractivity contribution is -0.131. The van der Waals surface area contributed by atoms with Crippen LogP contribution in [0.1, 0.15) is 36.6 Å². The van der Waals surface area contributed by atoms with Crippen molar-refractivity contribution in [2.45, 2.75) is 39.2 Å². The minimum atomic E-state index is -0.261. The van der Waals surface area contributed by atoms with Crippen LogP contribution in [-0.2, 0) is 24.2 Å². The van der Waals surface area contributed by atoms with Crippen LogP contribution in [0.4, 0.5) is 0 Å². The quantitative estimate of drug-likeness (QED) is 0.526. The van der Waals surface area contributed by atoms with Gasteiger partial charge in [0.2, 0.25) is 0 Å². The molecule has 0 radical (unpaired) electrons. The van der Waals surface area contributed by atoms with Gasteiger partial charge in [-0.25, -0.2) is 0 Å². The van der Waals surface area contributed by atoms with Crippen LogP contribution in [0.3, 0.4) is 0 Å². The molecule has 3 heteroatoms. The average molecular weight is 319 g/mol.